The highest BCUT2D eigenvalue weighted by Crippen LogP contribution is 2.22. The van der Waals surface area contributed by atoms with Gasteiger partial charge in [-0.15, -0.1) is 0 Å². The van der Waals surface area contributed by atoms with Crippen LogP contribution in [0.4, 0.5) is 5.69 Å². The van der Waals surface area contributed by atoms with Crippen LogP contribution in [-0.2, 0) is 4.79 Å². The first-order chi connectivity index (χ1) is 11.0. The second-order valence-corrected chi connectivity index (χ2v) is 5.85. The van der Waals surface area contributed by atoms with Crippen molar-refractivity contribution >= 4 is 40.5 Å². The zero-order chi connectivity index (χ0) is 16.8. The van der Waals surface area contributed by atoms with E-state index in [0.29, 0.717) is 15.8 Å². The summed E-state index contributed by atoms with van der Waals surface area (Å²) in [6.45, 7) is 3.82. The SMILES string of the molecule is C/C(=N/NC(=O)CNc1cccc(Cl)c1C)c1ccc(Cl)cc1. The summed E-state index contributed by atoms with van der Waals surface area (Å²) in [5, 5.41) is 8.44. The lowest BCUT2D eigenvalue weighted by Crippen LogP contribution is -2.27. The molecule has 0 aliphatic carbocycles. The molecule has 120 valence electrons. The first-order valence-electron chi connectivity index (χ1n) is 7.05. The molecule has 2 aromatic rings. The fraction of sp³-hybridized carbons (Fsp3) is 0.176. The number of amides is 1. The first-order valence-corrected chi connectivity index (χ1v) is 7.81. The van der Waals surface area contributed by atoms with Gasteiger partial charge < -0.3 is 5.32 Å². The molecular weight excluding hydrogens is 333 g/mol. The second kappa shape index (κ2) is 7.99. The predicted octanol–water partition coefficient (Wildman–Crippen LogP) is 4.25. The summed E-state index contributed by atoms with van der Waals surface area (Å²) in [7, 11) is 0. The molecule has 2 rings (SSSR count). The van der Waals surface area contributed by atoms with Crippen molar-refractivity contribution in [3.63, 3.8) is 0 Å². The number of hydrogen-bond donors (Lipinski definition) is 2. The molecule has 4 nitrogen and oxygen atoms in total. The number of nitrogens with zero attached hydrogens (tertiary/aromatic N) is 1. The highest BCUT2D eigenvalue weighted by molar-refractivity contribution is 6.31. The minimum absolute atomic E-state index is 0.110. The molecule has 0 fully saturated rings. The van der Waals surface area contributed by atoms with Crippen molar-refractivity contribution in [3.05, 3.63) is 63.6 Å². The monoisotopic (exact) mass is 349 g/mol. The van der Waals surface area contributed by atoms with Crippen molar-refractivity contribution in [2.24, 2.45) is 5.10 Å². The van der Waals surface area contributed by atoms with Crippen molar-refractivity contribution < 1.29 is 4.79 Å². The van der Waals surface area contributed by atoms with E-state index in [1.54, 1.807) is 12.1 Å². The molecule has 0 bridgehead atoms. The smallest absolute Gasteiger partial charge is 0.259 e. The highest BCUT2D eigenvalue weighted by atomic mass is 35.5. The average Bonchev–Trinajstić information content (AvgIpc) is 2.54. The quantitative estimate of drug-likeness (QED) is 0.626. The molecule has 0 radical (unpaired) electrons. The molecule has 6 heteroatoms. The number of carbonyl (C=O) groups excluding carboxylic acids is 1. The van der Waals surface area contributed by atoms with Gasteiger partial charge in [-0.05, 0) is 49.2 Å². The molecule has 2 aromatic carbocycles. The van der Waals surface area contributed by atoms with E-state index in [0.717, 1.165) is 16.8 Å². The lowest BCUT2D eigenvalue weighted by Gasteiger charge is -2.10. The summed E-state index contributed by atoms with van der Waals surface area (Å²) in [6.07, 6.45) is 0. The first kappa shape index (κ1) is 17.3. The standard InChI is InChI=1S/C17H17Cl2N3O/c1-11-15(19)4-3-5-16(11)20-10-17(23)22-21-12(2)13-6-8-14(18)9-7-13/h3-9,20H,10H2,1-2H3,(H,22,23)/b21-12-. The Morgan fingerprint density at radius 2 is 1.83 bits per heavy atom. The molecule has 0 aliphatic heterocycles. The van der Waals surface area contributed by atoms with E-state index in [1.807, 2.05) is 44.2 Å². The van der Waals surface area contributed by atoms with Crippen molar-refractivity contribution in [1.29, 1.82) is 0 Å². The Kier molecular flexibility index (Phi) is 6.02. The molecule has 1 amide bonds. The summed E-state index contributed by atoms with van der Waals surface area (Å²) >= 11 is 11.9. The lowest BCUT2D eigenvalue weighted by molar-refractivity contribution is -0.119. The van der Waals surface area contributed by atoms with Gasteiger partial charge in [0.05, 0.1) is 12.3 Å². The van der Waals surface area contributed by atoms with Gasteiger partial charge in [0.2, 0.25) is 0 Å². The molecule has 0 heterocycles. The van der Waals surface area contributed by atoms with Gasteiger partial charge in [0.25, 0.3) is 5.91 Å². The Morgan fingerprint density at radius 1 is 1.13 bits per heavy atom. The van der Waals surface area contributed by atoms with Crippen LogP contribution in [0, 0.1) is 6.92 Å². The molecule has 0 aliphatic rings. The van der Waals surface area contributed by atoms with Crippen LogP contribution >= 0.6 is 23.2 Å². The van der Waals surface area contributed by atoms with Gasteiger partial charge in [-0.25, -0.2) is 5.43 Å². The molecule has 0 saturated heterocycles. The van der Waals surface area contributed by atoms with E-state index in [4.69, 9.17) is 23.2 Å². The third-order valence-corrected chi connectivity index (χ3v) is 3.98. The number of nitrogens with one attached hydrogen (secondary N) is 2. The van der Waals surface area contributed by atoms with Gasteiger partial charge in [0, 0.05) is 15.7 Å². The van der Waals surface area contributed by atoms with Gasteiger partial charge in [-0.2, -0.15) is 5.10 Å². The highest BCUT2D eigenvalue weighted by Gasteiger charge is 2.05. The third kappa shape index (κ3) is 4.98. The topological polar surface area (TPSA) is 53.5 Å². The van der Waals surface area contributed by atoms with Crippen LogP contribution in [0.5, 0.6) is 0 Å². The number of anilines is 1. The maximum atomic E-state index is 11.9. The van der Waals surface area contributed by atoms with E-state index in [-0.39, 0.29) is 12.5 Å². The molecule has 0 unspecified atom stereocenters. The summed E-state index contributed by atoms with van der Waals surface area (Å²) in [5.74, 6) is -0.238. The molecule has 2 N–H and O–H groups in total. The van der Waals surface area contributed by atoms with E-state index < -0.39 is 0 Å². The van der Waals surface area contributed by atoms with Crippen LogP contribution in [0.2, 0.25) is 10.0 Å². The molecular formula is C17H17Cl2N3O. The minimum Gasteiger partial charge on any atom is -0.376 e. The van der Waals surface area contributed by atoms with E-state index in [1.165, 1.54) is 0 Å². The number of halogens is 2. The fourth-order valence-corrected chi connectivity index (χ4v) is 2.22. The van der Waals surface area contributed by atoms with Crippen molar-refractivity contribution in [2.45, 2.75) is 13.8 Å². The van der Waals surface area contributed by atoms with Crippen molar-refractivity contribution in [3.8, 4) is 0 Å². The largest absolute Gasteiger partial charge is 0.376 e. The summed E-state index contributed by atoms with van der Waals surface area (Å²) in [4.78, 5) is 11.9. The third-order valence-electron chi connectivity index (χ3n) is 3.32. The number of benzene rings is 2. The summed E-state index contributed by atoms with van der Waals surface area (Å²) in [5.41, 5.74) is 5.85. The van der Waals surface area contributed by atoms with Crippen LogP contribution in [0.25, 0.3) is 0 Å². The zero-order valence-corrected chi connectivity index (χ0v) is 14.4. The molecule has 23 heavy (non-hydrogen) atoms. The summed E-state index contributed by atoms with van der Waals surface area (Å²) in [6, 6.07) is 12.8. The fourth-order valence-electron chi connectivity index (χ4n) is 1.92. The van der Waals surface area contributed by atoms with Crippen LogP contribution in [0.3, 0.4) is 0 Å². The zero-order valence-electron chi connectivity index (χ0n) is 12.9. The van der Waals surface area contributed by atoms with Crippen LogP contribution in [-0.4, -0.2) is 18.2 Å². The van der Waals surface area contributed by atoms with Crippen molar-refractivity contribution in [1.82, 2.24) is 5.43 Å². The number of carbonyl (C=O) groups is 1. The molecule has 0 saturated carbocycles. The maximum absolute atomic E-state index is 11.9. The van der Waals surface area contributed by atoms with Gasteiger partial charge in [-0.3, -0.25) is 4.79 Å². The van der Waals surface area contributed by atoms with Gasteiger partial charge in [-0.1, -0.05) is 41.4 Å². The lowest BCUT2D eigenvalue weighted by atomic mass is 10.1. The van der Waals surface area contributed by atoms with E-state index in [2.05, 4.69) is 15.8 Å². The Labute approximate surface area is 145 Å². The normalized spacial score (nSPS) is 11.2. The summed E-state index contributed by atoms with van der Waals surface area (Å²) < 4.78 is 0. The Hall–Kier alpha value is -2.04. The van der Waals surface area contributed by atoms with Crippen LogP contribution in [0.15, 0.2) is 47.6 Å². The Morgan fingerprint density at radius 3 is 2.52 bits per heavy atom. The molecule has 0 aromatic heterocycles. The Bertz CT molecular complexity index is 727. The number of hydrazone groups is 1. The van der Waals surface area contributed by atoms with Gasteiger partial charge >= 0.3 is 0 Å². The molecule has 0 spiro atoms. The van der Waals surface area contributed by atoms with Crippen LogP contribution in [0.1, 0.15) is 18.1 Å². The van der Waals surface area contributed by atoms with Crippen molar-refractivity contribution in [2.75, 3.05) is 11.9 Å². The average molecular weight is 350 g/mol. The number of hydrogen-bond acceptors (Lipinski definition) is 3. The predicted molar refractivity (Wildman–Crippen MR) is 96.5 cm³/mol. The van der Waals surface area contributed by atoms with E-state index >= 15 is 0 Å². The van der Waals surface area contributed by atoms with E-state index in [9.17, 15) is 4.79 Å². The second-order valence-electron chi connectivity index (χ2n) is 5.01. The van der Waals surface area contributed by atoms with Crippen LogP contribution < -0.4 is 10.7 Å². The minimum atomic E-state index is -0.238. The van der Waals surface area contributed by atoms with Gasteiger partial charge in [0.1, 0.15) is 0 Å². The maximum Gasteiger partial charge on any atom is 0.259 e. The molecule has 0 atom stereocenters. The Balaban J connectivity index is 1.91. The van der Waals surface area contributed by atoms with Gasteiger partial charge in [0.15, 0.2) is 0 Å². The number of rotatable bonds is 5.